The Labute approximate surface area is 195 Å². The van der Waals surface area contributed by atoms with Crippen molar-refractivity contribution in [3.05, 3.63) is 94.5 Å². The zero-order valence-electron chi connectivity index (χ0n) is 18.4. The van der Waals surface area contributed by atoms with Crippen LogP contribution in [0, 0.1) is 5.82 Å². The number of halogens is 1. The number of carbonyl (C=O) groups is 1. The van der Waals surface area contributed by atoms with Crippen molar-refractivity contribution in [2.75, 3.05) is 11.1 Å². The van der Waals surface area contributed by atoms with Crippen LogP contribution in [0.2, 0.25) is 0 Å². The molecule has 1 N–H and O–H groups in total. The third-order valence-corrected chi connectivity index (χ3v) is 6.49. The summed E-state index contributed by atoms with van der Waals surface area (Å²) in [6.45, 7) is 4.22. The molecule has 4 rings (SSSR count). The van der Waals surface area contributed by atoms with Gasteiger partial charge in [-0.25, -0.2) is 9.37 Å². The summed E-state index contributed by atoms with van der Waals surface area (Å²) in [4.78, 5) is 30.6. The number of nitrogens with one attached hydrogen (secondary N) is 1. The Morgan fingerprint density at radius 1 is 1.06 bits per heavy atom. The van der Waals surface area contributed by atoms with Gasteiger partial charge < -0.3 is 5.32 Å². The fourth-order valence-electron chi connectivity index (χ4n) is 3.63. The highest BCUT2D eigenvalue weighted by Crippen LogP contribution is 2.27. The molecule has 1 heterocycles. The molecule has 0 spiro atoms. The Kier molecular flexibility index (Phi) is 6.89. The molecule has 0 aliphatic rings. The minimum absolute atomic E-state index is 0.0219. The topological polar surface area (TPSA) is 64.0 Å². The zero-order chi connectivity index (χ0) is 23.4. The van der Waals surface area contributed by atoms with Gasteiger partial charge in [-0.1, -0.05) is 68.1 Å². The van der Waals surface area contributed by atoms with E-state index in [2.05, 4.69) is 24.1 Å². The Morgan fingerprint density at radius 3 is 2.55 bits per heavy atom. The van der Waals surface area contributed by atoms with E-state index in [0.717, 1.165) is 29.4 Å². The predicted octanol–water partition coefficient (Wildman–Crippen LogP) is 5.77. The maximum atomic E-state index is 14.6. The molecule has 0 aliphatic carbocycles. The van der Waals surface area contributed by atoms with E-state index >= 15 is 0 Å². The minimum atomic E-state index is -0.537. The highest BCUT2D eigenvalue weighted by Gasteiger charge is 2.18. The smallest absolute Gasteiger partial charge is 0.266 e. The fourth-order valence-corrected chi connectivity index (χ4v) is 4.44. The molecule has 0 saturated heterocycles. The number of rotatable bonds is 7. The number of fused-ring (bicyclic) bond motifs is 1. The quantitative estimate of drug-likeness (QED) is 0.280. The minimum Gasteiger partial charge on any atom is -0.325 e. The average molecular weight is 462 g/mol. The summed E-state index contributed by atoms with van der Waals surface area (Å²) in [5, 5.41) is 3.61. The van der Waals surface area contributed by atoms with Gasteiger partial charge in [0.1, 0.15) is 5.82 Å². The number of hydrogen-bond donors (Lipinski definition) is 1. The van der Waals surface area contributed by atoms with Gasteiger partial charge in [-0.3, -0.25) is 14.2 Å². The van der Waals surface area contributed by atoms with Gasteiger partial charge in [0, 0.05) is 5.69 Å². The normalized spacial score (nSPS) is 12.0. The average Bonchev–Trinajstić information content (AvgIpc) is 2.83. The van der Waals surface area contributed by atoms with E-state index in [1.54, 1.807) is 36.4 Å². The lowest BCUT2D eigenvalue weighted by molar-refractivity contribution is -0.113. The van der Waals surface area contributed by atoms with Crippen molar-refractivity contribution in [1.29, 1.82) is 0 Å². The molecule has 3 aromatic carbocycles. The number of thioether (sulfide) groups is 1. The first-order valence-electron chi connectivity index (χ1n) is 10.8. The van der Waals surface area contributed by atoms with Crippen LogP contribution in [-0.4, -0.2) is 21.2 Å². The Hall–Kier alpha value is -3.45. The number of amides is 1. The van der Waals surface area contributed by atoms with Crippen molar-refractivity contribution in [1.82, 2.24) is 9.55 Å². The van der Waals surface area contributed by atoms with E-state index in [0.29, 0.717) is 16.8 Å². The third kappa shape index (κ3) is 4.83. The number of para-hydroxylation sites is 3. The largest absolute Gasteiger partial charge is 0.325 e. The molecule has 1 aromatic heterocycles. The molecule has 5 nitrogen and oxygen atoms in total. The number of hydrogen-bond acceptors (Lipinski definition) is 4. The van der Waals surface area contributed by atoms with Crippen molar-refractivity contribution in [2.24, 2.45) is 0 Å². The molecule has 0 unspecified atom stereocenters. The van der Waals surface area contributed by atoms with Gasteiger partial charge in [0.2, 0.25) is 5.91 Å². The van der Waals surface area contributed by atoms with E-state index in [9.17, 15) is 14.0 Å². The lowest BCUT2D eigenvalue weighted by atomic mass is 9.97. The van der Waals surface area contributed by atoms with Crippen LogP contribution in [0.5, 0.6) is 0 Å². The lowest BCUT2D eigenvalue weighted by Crippen LogP contribution is -2.23. The first-order chi connectivity index (χ1) is 16.0. The number of benzene rings is 3. The molecule has 0 fully saturated rings. The van der Waals surface area contributed by atoms with Gasteiger partial charge in [-0.05, 0) is 48.2 Å². The van der Waals surface area contributed by atoms with E-state index in [-0.39, 0.29) is 28.1 Å². The standard InChI is InChI=1S/C26H24FN3O2S/c1-3-17(2)18-10-4-7-13-21(18)28-24(31)16-33-26-29-22-14-8-5-11-19(22)25(32)30(26)23-15-9-6-12-20(23)27/h4-15,17H,3,16H2,1-2H3,(H,28,31)/t17-/m0/s1. The monoisotopic (exact) mass is 461 g/mol. The molecule has 1 atom stereocenters. The van der Waals surface area contributed by atoms with E-state index in [1.807, 2.05) is 24.3 Å². The van der Waals surface area contributed by atoms with Crippen LogP contribution in [0.4, 0.5) is 10.1 Å². The van der Waals surface area contributed by atoms with Crippen molar-refractivity contribution in [3.8, 4) is 5.69 Å². The molecule has 168 valence electrons. The second-order valence-corrected chi connectivity index (χ2v) is 8.68. The van der Waals surface area contributed by atoms with Crippen LogP contribution in [0.15, 0.2) is 82.7 Å². The van der Waals surface area contributed by atoms with E-state index in [4.69, 9.17) is 0 Å². The summed E-state index contributed by atoms with van der Waals surface area (Å²) in [5.74, 6) is -0.431. The van der Waals surface area contributed by atoms with Gasteiger partial charge in [0.25, 0.3) is 5.56 Å². The van der Waals surface area contributed by atoms with Gasteiger partial charge >= 0.3 is 0 Å². The summed E-state index contributed by atoms with van der Waals surface area (Å²) in [6, 6.07) is 20.7. The number of aromatic nitrogens is 2. The third-order valence-electron chi connectivity index (χ3n) is 5.55. The highest BCUT2D eigenvalue weighted by atomic mass is 32.2. The molecule has 1 amide bonds. The Balaban J connectivity index is 1.66. The number of nitrogens with zero attached hydrogens (tertiary/aromatic N) is 2. The summed E-state index contributed by atoms with van der Waals surface area (Å²) >= 11 is 1.10. The van der Waals surface area contributed by atoms with E-state index in [1.165, 1.54) is 16.7 Å². The molecular weight excluding hydrogens is 437 g/mol. The second kappa shape index (κ2) is 10.0. The molecule has 0 radical (unpaired) electrons. The van der Waals surface area contributed by atoms with Crippen LogP contribution < -0.4 is 10.9 Å². The summed E-state index contributed by atoms with van der Waals surface area (Å²) < 4.78 is 15.8. The summed E-state index contributed by atoms with van der Waals surface area (Å²) in [6.07, 6.45) is 0.956. The molecule has 33 heavy (non-hydrogen) atoms. The van der Waals surface area contributed by atoms with Crippen molar-refractivity contribution in [3.63, 3.8) is 0 Å². The first kappa shape index (κ1) is 22.7. The first-order valence-corrected chi connectivity index (χ1v) is 11.8. The van der Waals surface area contributed by atoms with E-state index < -0.39 is 5.82 Å². The van der Waals surface area contributed by atoms with Crippen molar-refractivity contribution >= 4 is 34.3 Å². The molecule has 0 saturated carbocycles. The molecule has 7 heteroatoms. The van der Waals surface area contributed by atoms with Gasteiger partial charge in [-0.15, -0.1) is 0 Å². The van der Waals surface area contributed by atoms with Gasteiger partial charge in [-0.2, -0.15) is 0 Å². The predicted molar refractivity (Wildman–Crippen MR) is 132 cm³/mol. The summed E-state index contributed by atoms with van der Waals surface area (Å²) in [7, 11) is 0. The summed E-state index contributed by atoms with van der Waals surface area (Å²) in [5.41, 5.74) is 2.07. The van der Waals surface area contributed by atoms with Crippen LogP contribution in [0.25, 0.3) is 16.6 Å². The number of anilines is 1. The zero-order valence-corrected chi connectivity index (χ0v) is 19.2. The van der Waals surface area contributed by atoms with Crippen molar-refractivity contribution < 1.29 is 9.18 Å². The fraction of sp³-hybridized carbons (Fsp3) is 0.192. The van der Waals surface area contributed by atoms with Crippen LogP contribution >= 0.6 is 11.8 Å². The molecule has 0 bridgehead atoms. The molecule has 0 aliphatic heterocycles. The SMILES string of the molecule is CC[C@H](C)c1ccccc1NC(=O)CSc1nc2ccccc2c(=O)n1-c1ccccc1F. The molecular formula is C26H24FN3O2S. The van der Waals surface area contributed by atoms with Crippen LogP contribution in [0.1, 0.15) is 31.7 Å². The Morgan fingerprint density at radius 2 is 1.76 bits per heavy atom. The second-order valence-electron chi connectivity index (χ2n) is 7.74. The number of carbonyl (C=O) groups excluding carboxylic acids is 1. The van der Waals surface area contributed by atoms with Crippen LogP contribution in [-0.2, 0) is 4.79 Å². The maximum absolute atomic E-state index is 14.6. The Bertz CT molecular complexity index is 1370. The van der Waals surface area contributed by atoms with Crippen molar-refractivity contribution in [2.45, 2.75) is 31.3 Å². The lowest BCUT2D eigenvalue weighted by Gasteiger charge is -2.16. The van der Waals surface area contributed by atoms with Crippen LogP contribution in [0.3, 0.4) is 0 Å². The maximum Gasteiger partial charge on any atom is 0.266 e. The highest BCUT2D eigenvalue weighted by molar-refractivity contribution is 7.99. The molecule has 4 aromatic rings. The van der Waals surface area contributed by atoms with Gasteiger partial charge in [0.05, 0.1) is 22.3 Å². The van der Waals surface area contributed by atoms with Gasteiger partial charge in [0.15, 0.2) is 5.16 Å².